The lowest BCUT2D eigenvalue weighted by Gasteiger charge is -2.00. The zero-order chi connectivity index (χ0) is 14.8. The number of nitrogens with one attached hydrogen (secondary N) is 1. The van der Waals surface area contributed by atoms with Gasteiger partial charge in [-0.25, -0.2) is 9.98 Å². The minimum Gasteiger partial charge on any atom is -0.492 e. The van der Waals surface area contributed by atoms with Crippen LogP contribution in [0.2, 0.25) is 0 Å². The summed E-state index contributed by atoms with van der Waals surface area (Å²) < 4.78 is 0. The lowest BCUT2D eigenvalue weighted by atomic mass is 10.1. The molecule has 1 aliphatic rings. The van der Waals surface area contributed by atoms with Crippen LogP contribution < -0.4 is 0 Å². The summed E-state index contributed by atoms with van der Waals surface area (Å²) in [6.45, 7) is 4.34. The highest BCUT2D eigenvalue weighted by molar-refractivity contribution is 6.20. The lowest BCUT2D eigenvalue weighted by Crippen LogP contribution is -1.93. The second-order valence-corrected chi connectivity index (χ2v) is 5.59. The standard InChI is InChI=1S/C16H18N4O/c1-10(2)5-6-14-19-13(16(21)20-14)8-11-9-18-15-12(11)4-3-7-17-15/h3-4,7-10,21H,5-6H2,1-2H3,(H,19,20)/b11-8-. The number of aromatic nitrogens is 3. The molecule has 21 heavy (non-hydrogen) atoms. The van der Waals surface area contributed by atoms with E-state index in [4.69, 9.17) is 0 Å². The number of aryl methyl sites for hydroxylation is 1. The molecule has 2 aromatic heterocycles. The topological polar surface area (TPSA) is 74.2 Å². The largest absolute Gasteiger partial charge is 0.492 e. The van der Waals surface area contributed by atoms with E-state index in [-0.39, 0.29) is 5.88 Å². The van der Waals surface area contributed by atoms with Crippen LogP contribution in [0.25, 0.3) is 11.6 Å². The molecular formula is C16H18N4O. The molecule has 5 heteroatoms. The Balaban J connectivity index is 1.86. The Hall–Kier alpha value is -2.43. The van der Waals surface area contributed by atoms with Crippen LogP contribution in [-0.4, -0.2) is 26.3 Å². The van der Waals surface area contributed by atoms with Crippen molar-refractivity contribution in [1.29, 1.82) is 0 Å². The Labute approximate surface area is 123 Å². The fourth-order valence-electron chi connectivity index (χ4n) is 2.27. The van der Waals surface area contributed by atoms with E-state index in [1.54, 1.807) is 12.4 Å². The van der Waals surface area contributed by atoms with E-state index in [0.717, 1.165) is 29.8 Å². The number of allylic oxidation sites excluding steroid dienone is 1. The van der Waals surface area contributed by atoms with Crippen molar-refractivity contribution in [2.75, 3.05) is 0 Å². The zero-order valence-corrected chi connectivity index (χ0v) is 12.2. The fraction of sp³-hybridized carbons (Fsp3) is 0.312. The molecule has 5 nitrogen and oxygen atoms in total. The van der Waals surface area contributed by atoms with Crippen molar-refractivity contribution in [1.82, 2.24) is 15.0 Å². The maximum atomic E-state index is 9.96. The first-order chi connectivity index (χ1) is 10.1. The summed E-state index contributed by atoms with van der Waals surface area (Å²) in [5.74, 6) is 2.17. The summed E-state index contributed by atoms with van der Waals surface area (Å²) in [6, 6.07) is 3.84. The molecule has 3 rings (SSSR count). The quantitative estimate of drug-likeness (QED) is 0.903. The maximum absolute atomic E-state index is 9.96. The third-order valence-electron chi connectivity index (χ3n) is 3.44. The van der Waals surface area contributed by atoms with Crippen molar-refractivity contribution in [3.05, 3.63) is 35.4 Å². The number of aliphatic imine (C=N–C) groups is 1. The Morgan fingerprint density at radius 3 is 3.05 bits per heavy atom. The zero-order valence-electron chi connectivity index (χ0n) is 12.2. The molecule has 0 atom stereocenters. The Morgan fingerprint density at radius 1 is 1.38 bits per heavy atom. The Kier molecular flexibility index (Phi) is 3.56. The van der Waals surface area contributed by atoms with E-state index < -0.39 is 0 Å². The molecule has 0 saturated heterocycles. The summed E-state index contributed by atoms with van der Waals surface area (Å²) in [5.41, 5.74) is 2.51. The van der Waals surface area contributed by atoms with Gasteiger partial charge in [0.1, 0.15) is 11.5 Å². The highest BCUT2D eigenvalue weighted by Crippen LogP contribution is 2.31. The van der Waals surface area contributed by atoms with Gasteiger partial charge in [-0.3, -0.25) is 0 Å². The molecule has 3 heterocycles. The highest BCUT2D eigenvalue weighted by atomic mass is 16.3. The molecule has 108 valence electrons. The number of pyridine rings is 1. The fourth-order valence-corrected chi connectivity index (χ4v) is 2.27. The molecule has 0 unspecified atom stereocenters. The number of rotatable bonds is 4. The molecule has 0 fully saturated rings. The highest BCUT2D eigenvalue weighted by Gasteiger charge is 2.14. The van der Waals surface area contributed by atoms with Gasteiger partial charge in [-0.15, -0.1) is 0 Å². The SMILES string of the molecule is CC(C)CCc1nc(O)c(/C=C2/C=Nc3ncccc32)[nH]1. The summed E-state index contributed by atoms with van der Waals surface area (Å²) in [4.78, 5) is 15.8. The third kappa shape index (κ3) is 2.86. The predicted octanol–water partition coefficient (Wildman–Crippen LogP) is 3.36. The number of hydrogen-bond donors (Lipinski definition) is 2. The summed E-state index contributed by atoms with van der Waals surface area (Å²) in [6.07, 6.45) is 7.21. The molecule has 0 aliphatic carbocycles. The smallest absolute Gasteiger partial charge is 0.237 e. The first-order valence-electron chi connectivity index (χ1n) is 7.12. The van der Waals surface area contributed by atoms with Crippen molar-refractivity contribution >= 4 is 23.7 Å². The van der Waals surface area contributed by atoms with E-state index >= 15 is 0 Å². The molecule has 2 aromatic rings. The van der Waals surface area contributed by atoms with Crippen LogP contribution in [0.5, 0.6) is 5.88 Å². The monoisotopic (exact) mass is 282 g/mol. The number of nitrogens with zero attached hydrogens (tertiary/aromatic N) is 3. The summed E-state index contributed by atoms with van der Waals surface area (Å²) in [5, 5.41) is 9.96. The van der Waals surface area contributed by atoms with E-state index in [0.29, 0.717) is 17.4 Å². The van der Waals surface area contributed by atoms with Crippen molar-refractivity contribution in [3.8, 4) is 5.88 Å². The van der Waals surface area contributed by atoms with Gasteiger partial charge in [-0.05, 0) is 30.5 Å². The van der Waals surface area contributed by atoms with Crippen LogP contribution in [-0.2, 0) is 6.42 Å². The van der Waals surface area contributed by atoms with Crippen molar-refractivity contribution in [2.24, 2.45) is 10.9 Å². The number of H-pyrrole nitrogens is 1. The van der Waals surface area contributed by atoms with Gasteiger partial charge in [0.25, 0.3) is 0 Å². The number of aromatic hydroxyl groups is 1. The van der Waals surface area contributed by atoms with Gasteiger partial charge in [0.05, 0.1) is 0 Å². The van der Waals surface area contributed by atoms with Gasteiger partial charge in [0.2, 0.25) is 5.88 Å². The van der Waals surface area contributed by atoms with Gasteiger partial charge in [0.15, 0.2) is 5.82 Å². The van der Waals surface area contributed by atoms with Gasteiger partial charge in [-0.2, -0.15) is 4.98 Å². The first kappa shape index (κ1) is 13.5. The second-order valence-electron chi connectivity index (χ2n) is 5.59. The molecule has 2 N–H and O–H groups in total. The molecule has 0 saturated carbocycles. The number of aromatic amines is 1. The number of imidazole rings is 1. The van der Waals surface area contributed by atoms with E-state index in [1.807, 2.05) is 18.2 Å². The van der Waals surface area contributed by atoms with E-state index in [1.165, 1.54) is 0 Å². The van der Waals surface area contributed by atoms with Crippen LogP contribution in [0, 0.1) is 5.92 Å². The average Bonchev–Trinajstić information content (AvgIpc) is 3.02. The molecule has 0 bridgehead atoms. The second kappa shape index (κ2) is 5.52. The van der Waals surface area contributed by atoms with Gasteiger partial charge >= 0.3 is 0 Å². The lowest BCUT2D eigenvalue weighted by molar-refractivity contribution is 0.453. The molecule has 0 spiro atoms. The summed E-state index contributed by atoms with van der Waals surface area (Å²) >= 11 is 0. The predicted molar refractivity (Wildman–Crippen MR) is 83.7 cm³/mol. The van der Waals surface area contributed by atoms with Crippen LogP contribution >= 0.6 is 0 Å². The molecule has 0 amide bonds. The average molecular weight is 282 g/mol. The Morgan fingerprint density at radius 2 is 2.24 bits per heavy atom. The van der Waals surface area contributed by atoms with E-state index in [9.17, 15) is 5.11 Å². The van der Waals surface area contributed by atoms with Crippen molar-refractivity contribution < 1.29 is 5.11 Å². The molecular weight excluding hydrogens is 264 g/mol. The first-order valence-corrected chi connectivity index (χ1v) is 7.12. The van der Waals surface area contributed by atoms with Crippen LogP contribution in [0.15, 0.2) is 23.3 Å². The van der Waals surface area contributed by atoms with Crippen LogP contribution in [0.3, 0.4) is 0 Å². The van der Waals surface area contributed by atoms with Crippen molar-refractivity contribution in [3.63, 3.8) is 0 Å². The van der Waals surface area contributed by atoms with E-state index in [2.05, 4.69) is 33.8 Å². The van der Waals surface area contributed by atoms with Gasteiger partial charge in [-0.1, -0.05) is 13.8 Å². The third-order valence-corrected chi connectivity index (χ3v) is 3.44. The molecule has 1 aliphatic heterocycles. The minimum absolute atomic E-state index is 0.0343. The maximum Gasteiger partial charge on any atom is 0.237 e. The normalized spacial score (nSPS) is 15.1. The van der Waals surface area contributed by atoms with Crippen molar-refractivity contribution in [2.45, 2.75) is 26.7 Å². The van der Waals surface area contributed by atoms with Gasteiger partial charge in [0, 0.05) is 30.0 Å². The number of hydrogen-bond acceptors (Lipinski definition) is 4. The Bertz CT molecular complexity index is 713. The van der Waals surface area contributed by atoms with Crippen LogP contribution in [0.4, 0.5) is 5.82 Å². The number of fused-ring (bicyclic) bond motifs is 1. The molecule has 0 aromatic carbocycles. The summed E-state index contributed by atoms with van der Waals surface area (Å²) in [7, 11) is 0. The van der Waals surface area contributed by atoms with Gasteiger partial charge < -0.3 is 10.1 Å². The minimum atomic E-state index is 0.0343. The molecule has 0 radical (unpaired) electrons. The van der Waals surface area contributed by atoms with Crippen LogP contribution in [0.1, 0.15) is 37.4 Å².